The molecular weight excluding hydrogens is 230 g/mol. The quantitative estimate of drug-likeness (QED) is 0.744. The Hall–Kier alpha value is -1.20. The van der Waals surface area contributed by atoms with E-state index in [2.05, 4.69) is 15.3 Å². The summed E-state index contributed by atoms with van der Waals surface area (Å²) in [6.45, 7) is 6.07. The number of aromatic amines is 1. The van der Waals surface area contributed by atoms with Gasteiger partial charge in [0.05, 0.1) is 11.2 Å². The molecule has 1 aromatic heterocycles. The van der Waals surface area contributed by atoms with Crippen molar-refractivity contribution in [2.24, 2.45) is 0 Å². The van der Waals surface area contributed by atoms with Crippen molar-refractivity contribution in [1.82, 2.24) is 15.3 Å². The van der Waals surface area contributed by atoms with Crippen molar-refractivity contribution in [2.75, 3.05) is 6.54 Å². The van der Waals surface area contributed by atoms with E-state index in [0.717, 1.165) is 25.0 Å². The van der Waals surface area contributed by atoms with Gasteiger partial charge in [-0.3, -0.25) is 4.79 Å². The fourth-order valence-corrected chi connectivity index (χ4v) is 2.45. The fraction of sp³-hybridized carbons (Fsp3) is 0.692. The molecule has 0 aliphatic heterocycles. The van der Waals surface area contributed by atoms with Gasteiger partial charge in [0.2, 0.25) is 0 Å². The van der Waals surface area contributed by atoms with Crippen molar-refractivity contribution in [2.45, 2.75) is 51.7 Å². The van der Waals surface area contributed by atoms with E-state index < -0.39 is 5.60 Å². The molecule has 1 fully saturated rings. The monoisotopic (exact) mass is 251 g/mol. The SMILES string of the molecule is Cc1nc(C)c(C(C)NCC2(O)CCC2)c(=O)[nH]1. The molecule has 0 spiro atoms. The molecule has 1 heterocycles. The van der Waals surface area contributed by atoms with E-state index in [9.17, 15) is 9.90 Å². The van der Waals surface area contributed by atoms with Gasteiger partial charge in [0, 0.05) is 18.3 Å². The van der Waals surface area contributed by atoms with Crippen molar-refractivity contribution in [1.29, 1.82) is 0 Å². The second kappa shape index (κ2) is 4.82. The summed E-state index contributed by atoms with van der Waals surface area (Å²) in [5, 5.41) is 13.3. The summed E-state index contributed by atoms with van der Waals surface area (Å²) in [5.41, 5.74) is 0.730. The highest BCUT2D eigenvalue weighted by Crippen LogP contribution is 2.31. The lowest BCUT2D eigenvalue weighted by molar-refractivity contribution is -0.0329. The fourth-order valence-electron chi connectivity index (χ4n) is 2.45. The summed E-state index contributed by atoms with van der Waals surface area (Å²) in [5.74, 6) is 0.631. The molecule has 5 heteroatoms. The van der Waals surface area contributed by atoms with Gasteiger partial charge < -0.3 is 15.4 Å². The van der Waals surface area contributed by atoms with Crippen LogP contribution >= 0.6 is 0 Å². The van der Waals surface area contributed by atoms with Crippen LogP contribution in [0.15, 0.2) is 4.79 Å². The summed E-state index contributed by atoms with van der Waals surface area (Å²) in [6, 6.07) is -0.105. The first-order chi connectivity index (χ1) is 8.41. The Morgan fingerprint density at radius 1 is 1.50 bits per heavy atom. The molecule has 1 saturated carbocycles. The van der Waals surface area contributed by atoms with Crippen LogP contribution in [-0.4, -0.2) is 27.2 Å². The maximum absolute atomic E-state index is 11.9. The minimum atomic E-state index is -0.576. The molecule has 2 rings (SSSR count). The number of nitrogens with zero attached hydrogens (tertiary/aromatic N) is 1. The predicted molar refractivity (Wildman–Crippen MR) is 69.6 cm³/mol. The van der Waals surface area contributed by atoms with E-state index in [1.165, 1.54) is 0 Å². The molecular formula is C13H21N3O2. The van der Waals surface area contributed by atoms with Gasteiger partial charge in [-0.15, -0.1) is 0 Å². The van der Waals surface area contributed by atoms with Gasteiger partial charge in [-0.2, -0.15) is 0 Å². The van der Waals surface area contributed by atoms with Crippen LogP contribution in [0.1, 0.15) is 49.3 Å². The first-order valence-electron chi connectivity index (χ1n) is 6.44. The van der Waals surface area contributed by atoms with Crippen LogP contribution in [0.4, 0.5) is 0 Å². The second-order valence-electron chi connectivity index (χ2n) is 5.33. The molecule has 1 aromatic rings. The van der Waals surface area contributed by atoms with Crippen LogP contribution in [0.3, 0.4) is 0 Å². The second-order valence-corrected chi connectivity index (χ2v) is 5.33. The van der Waals surface area contributed by atoms with Crippen LogP contribution in [0.5, 0.6) is 0 Å². The van der Waals surface area contributed by atoms with Gasteiger partial charge in [0.25, 0.3) is 5.56 Å². The average Bonchev–Trinajstić information content (AvgIpc) is 2.22. The van der Waals surface area contributed by atoms with Crippen LogP contribution in [0.2, 0.25) is 0 Å². The maximum atomic E-state index is 11.9. The predicted octanol–water partition coefficient (Wildman–Crippen LogP) is 0.952. The highest BCUT2D eigenvalue weighted by Gasteiger charge is 2.34. The lowest BCUT2D eigenvalue weighted by atomic mass is 9.80. The number of hydrogen-bond acceptors (Lipinski definition) is 4. The Labute approximate surface area is 107 Å². The van der Waals surface area contributed by atoms with E-state index in [4.69, 9.17) is 0 Å². The zero-order valence-corrected chi connectivity index (χ0v) is 11.2. The molecule has 0 saturated heterocycles. The van der Waals surface area contributed by atoms with Crippen LogP contribution in [0, 0.1) is 13.8 Å². The van der Waals surface area contributed by atoms with Gasteiger partial charge in [-0.05, 0) is 40.0 Å². The molecule has 0 aromatic carbocycles. The van der Waals surface area contributed by atoms with Crippen LogP contribution in [-0.2, 0) is 0 Å². The number of aromatic nitrogens is 2. The maximum Gasteiger partial charge on any atom is 0.255 e. The van der Waals surface area contributed by atoms with Crippen LogP contribution in [0.25, 0.3) is 0 Å². The number of nitrogens with one attached hydrogen (secondary N) is 2. The Morgan fingerprint density at radius 3 is 2.67 bits per heavy atom. The molecule has 100 valence electrons. The molecule has 0 radical (unpaired) electrons. The van der Waals surface area contributed by atoms with E-state index in [1.807, 2.05) is 13.8 Å². The molecule has 1 aliphatic rings. The topological polar surface area (TPSA) is 78.0 Å². The molecule has 1 unspecified atom stereocenters. The van der Waals surface area contributed by atoms with Crippen LogP contribution < -0.4 is 10.9 Å². The summed E-state index contributed by atoms with van der Waals surface area (Å²) in [6.07, 6.45) is 2.76. The third kappa shape index (κ3) is 2.62. The molecule has 3 N–H and O–H groups in total. The van der Waals surface area contributed by atoms with Gasteiger partial charge in [-0.1, -0.05) is 0 Å². The van der Waals surface area contributed by atoms with Crippen molar-refractivity contribution in [3.05, 3.63) is 27.4 Å². The van der Waals surface area contributed by atoms with E-state index in [-0.39, 0.29) is 11.6 Å². The zero-order valence-electron chi connectivity index (χ0n) is 11.2. The number of hydrogen-bond donors (Lipinski definition) is 3. The van der Waals surface area contributed by atoms with Gasteiger partial charge in [0.1, 0.15) is 5.82 Å². The summed E-state index contributed by atoms with van der Waals surface area (Å²) < 4.78 is 0. The average molecular weight is 251 g/mol. The molecule has 18 heavy (non-hydrogen) atoms. The Morgan fingerprint density at radius 2 is 2.17 bits per heavy atom. The molecule has 5 nitrogen and oxygen atoms in total. The lowest BCUT2D eigenvalue weighted by Crippen LogP contribution is -2.47. The van der Waals surface area contributed by atoms with Crippen molar-refractivity contribution in [3.63, 3.8) is 0 Å². The van der Waals surface area contributed by atoms with Crippen molar-refractivity contribution >= 4 is 0 Å². The van der Waals surface area contributed by atoms with E-state index >= 15 is 0 Å². The lowest BCUT2D eigenvalue weighted by Gasteiger charge is -2.37. The van der Waals surface area contributed by atoms with Gasteiger partial charge >= 0.3 is 0 Å². The number of H-pyrrole nitrogens is 1. The first-order valence-corrected chi connectivity index (χ1v) is 6.44. The number of aryl methyl sites for hydroxylation is 2. The molecule has 1 atom stereocenters. The first kappa shape index (κ1) is 13.2. The Kier molecular flexibility index (Phi) is 3.54. The minimum absolute atomic E-state index is 0.0967. The standard InChI is InChI=1S/C13H21N3O2/c1-8(14-7-13(18)5-4-6-13)11-9(2)15-10(3)16-12(11)17/h8,14,18H,4-7H2,1-3H3,(H,15,16,17). The largest absolute Gasteiger partial charge is 0.389 e. The third-order valence-corrected chi connectivity index (χ3v) is 3.72. The highest BCUT2D eigenvalue weighted by atomic mass is 16.3. The third-order valence-electron chi connectivity index (χ3n) is 3.72. The summed E-state index contributed by atoms with van der Waals surface area (Å²) >= 11 is 0. The zero-order chi connectivity index (χ0) is 13.3. The van der Waals surface area contributed by atoms with Gasteiger partial charge in [-0.25, -0.2) is 4.98 Å². The molecule has 0 amide bonds. The Bertz CT molecular complexity index is 491. The van der Waals surface area contributed by atoms with E-state index in [0.29, 0.717) is 17.9 Å². The highest BCUT2D eigenvalue weighted by molar-refractivity contribution is 5.20. The minimum Gasteiger partial charge on any atom is -0.389 e. The van der Waals surface area contributed by atoms with Crippen molar-refractivity contribution in [3.8, 4) is 0 Å². The Balaban J connectivity index is 2.09. The van der Waals surface area contributed by atoms with Gasteiger partial charge in [0.15, 0.2) is 0 Å². The molecule has 1 aliphatic carbocycles. The summed E-state index contributed by atoms with van der Waals surface area (Å²) in [7, 11) is 0. The molecule has 0 bridgehead atoms. The summed E-state index contributed by atoms with van der Waals surface area (Å²) in [4.78, 5) is 18.9. The normalized spacial score (nSPS) is 19.3. The van der Waals surface area contributed by atoms with Crippen molar-refractivity contribution < 1.29 is 5.11 Å². The van der Waals surface area contributed by atoms with E-state index in [1.54, 1.807) is 6.92 Å². The number of aliphatic hydroxyl groups is 1. The smallest absolute Gasteiger partial charge is 0.255 e. The number of rotatable bonds is 4.